The normalized spacial score (nSPS) is 26.7. The molecule has 1 aromatic rings. The van der Waals surface area contributed by atoms with Gasteiger partial charge in [0.2, 0.25) is 5.91 Å². The molecule has 2 aliphatic heterocycles. The Balaban J connectivity index is 1.65. The number of amides is 2. The maximum Gasteiger partial charge on any atom is 0.254 e. The molecule has 140 valence electrons. The van der Waals surface area contributed by atoms with Gasteiger partial charge >= 0.3 is 0 Å². The van der Waals surface area contributed by atoms with Gasteiger partial charge in [0.25, 0.3) is 5.91 Å². The number of rotatable bonds is 4. The van der Waals surface area contributed by atoms with Gasteiger partial charge in [0, 0.05) is 30.6 Å². The number of nitrogens with zero attached hydrogens (tertiary/aromatic N) is 2. The van der Waals surface area contributed by atoms with Gasteiger partial charge in [-0.2, -0.15) is 11.8 Å². The lowest BCUT2D eigenvalue weighted by molar-refractivity contribution is -0.170. The second kappa shape index (κ2) is 7.48. The minimum Gasteiger partial charge on any atom is -0.497 e. The summed E-state index contributed by atoms with van der Waals surface area (Å²) in [6.07, 6.45) is 1.36. The van der Waals surface area contributed by atoms with E-state index in [1.54, 1.807) is 7.11 Å². The van der Waals surface area contributed by atoms with Crippen LogP contribution in [0, 0.1) is 0 Å². The van der Waals surface area contributed by atoms with Gasteiger partial charge < -0.3 is 19.3 Å². The van der Waals surface area contributed by atoms with E-state index < -0.39 is 6.10 Å². The number of ether oxygens (including phenoxy) is 2. The summed E-state index contributed by atoms with van der Waals surface area (Å²) in [5, 5.41) is 0. The van der Waals surface area contributed by atoms with Gasteiger partial charge in [0.15, 0.2) is 6.10 Å². The van der Waals surface area contributed by atoms with Crippen molar-refractivity contribution in [2.75, 3.05) is 38.3 Å². The van der Waals surface area contributed by atoms with Gasteiger partial charge in [-0.25, -0.2) is 0 Å². The van der Waals surface area contributed by atoms with Crippen LogP contribution in [-0.2, 0) is 14.3 Å². The average molecular weight is 376 g/mol. The maximum absolute atomic E-state index is 13.2. The zero-order valence-electron chi connectivity index (χ0n) is 14.9. The summed E-state index contributed by atoms with van der Waals surface area (Å²) >= 11 is 1.87. The third kappa shape index (κ3) is 3.42. The maximum atomic E-state index is 13.2. The van der Waals surface area contributed by atoms with Crippen LogP contribution in [0.15, 0.2) is 24.3 Å². The number of benzene rings is 1. The number of thioether (sulfide) groups is 1. The number of hydrogen-bond acceptors (Lipinski definition) is 5. The van der Waals surface area contributed by atoms with E-state index in [-0.39, 0.29) is 30.5 Å². The standard InChI is InChI=1S/C19H24N2O4S/c1-24-15-6-2-13(3-7-15)17-18(19(23)20-8-10-26-11-9-20)25-12-16(22)21(17)14-4-5-14/h2-3,6-7,14,17-18H,4-5,8-12H2,1H3/t17-,18+/m1/s1. The van der Waals surface area contributed by atoms with E-state index in [4.69, 9.17) is 9.47 Å². The van der Waals surface area contributed by atoms with Crippen molar-refractivity contribution in [1.82, 2.24) is 9.80 Å². The lowest BCUT2D eigenvalue weighted by atomic mass is 9.96. The topological polar surface area (TPSA) is 59.1 Å². The van der Waals surface area contributed by atoms with Gasteiger partial charge in [0.05, 0.1) is 13.2 Å². The van der Waals surface area contributed by atoms with E-state index in [0.717, 1.165) is 48.7 Å². The van der Waals surface area contributed by atoms with E-state index in [0.29, 0.717) is 0 Å². The van der Waals surface area contributed by atoms with Crippen LogP contribution < -0.4 is 4.74 Å². The van der Waals surface area contributed by atoms with Crippen molar-refractivity contribution >= 4 is 23.6 Å². The molecule has 0 radical (unpaired) electrons. The molecule has 3 fully saturated rings. The van der Waals surface area contributed by atoms with Crippen molar-refractivity contribution in [3.63, 3.8) is 0 Å². The van der Waals surface area contributed by atoms with Gasteiger partial charge in [-0.05, 0) is 30.5 Å². The zero-order valence-corrected chi connectivity index (χ0v) is 15.7. The molecule has 26 heavy (non-hydrogen) atoms. The Bertz CT molecular complexity index is 671. The molecule has 7 heteroatoms. The molecule has 2 heterocycles. The molecule has 1 aliphatic carbocycles. The molecule has 6 nitrogen and oxygen atoms in total. The molecule has 1 aromatic carbocycles. The Kier molecular flexibility index (Phi) is 5.09. The summed E-state index contributed by atoms with van der Waals surface area (Å²) in [4.78, 5) is 29.5. The first-order valence-corrected chi connectivity index (χ1v) is 10.3. The number of methoxy groups -OCH3 is 1. The molecular weight excluding hydrogens is 352 g/mol. The van der Waals surface area contributed by atoms with Crippen molar-refractivity contribution in [2.24, 2.45) is 0 Å². The highest BCUT2D eigenvalue weighted by Crippen LogP contribution is 2.40. The van der Waals surface area contributed by atoms with E-state index in [9.17, 15) is 9.59 Å². The fraction of sp³-hybridized carbons (Fsp3) is 0.579. The molecular formula is C19H24N2O4S. The molecule has 2 amide bonds. The molecule has 2 saturated heterocycles. The van der Waals surface area contributed by atoms with E-state index >= 15 is 0 Å². The van der Waals surface area contributed by atoms with Crippen LogP contribution >= 0.6 is 11.8 Å². The molecule has 4 rings (SSSR count). The largest absolute Gasteiger partial charge is 0.497 e. The van der Waals surface area contributed by atoms with Gasteiger partial charge in [-0.1, -0.05) is 12.1 Å². The molecule has 0 bridgehead atoms. The van der Waals surface area contributed by atoms with Crippen LogP contribution in [0.5, 0.6) is 5.75 Å². The Hall–Kier alpha value is -1.73. The number of carbonyl (C=O) groups is 2. The fourth-order valence-corrected chi connectivity index (χ4v) is 4.62. The van der Waals surface area contributed by atoms with Crippen LogP contribution in [0.1, 0.15) is 24.4 Å². The quantitative estimate of drug-likeness (QED) is 0.801. The van der Waals surface area contributed by atoms with Crippen LogP contribution in [0.2, 0.25) is 0 Å². The zero-order chi connectivity index (χ0) is 18.1. The Morgan fingerprint density at radius 3 is 2.50 bits per heavy atom. The highest BCUT2D eigenvalue weighted by atomic mass is 32.2. The SMILES string of the molecule is COc1ccc([C@@H]2[C@@H](C(=O)N3CCSCC3)OCC(=O)N2C2CC2)cc1. The summed E-state index contributed by atoms with van der Waals surface area (Å²) < 4.78 is 11.1. The molecule has 0 N–H and O–H groups in total. The van der Waals surface area contributed by atoms with E-state index in [1.165, 1.54) is 0 Å². The van der Waals surface area contributed by atoms with Crippen molar-refractivity contribution < 1.29 is 19.1 Å². The molecule has 0 aromatic heterocycles. The van der Waals surface area contributed by atoms with Crippen molar-refractivity contribution in [2.45, 2.75) is 31.0 Å². The smallest absolute Gasteiger partial charge is 0.254 e. The predicted octanol–water partition coefficient (Wildman–Crippen LogP) is 1.70. The first kappa shape index (κ1) is 17.7. The third-order valence-corrected chi connectivity index (χ3v) is 6.17. The van der Waals surface area contributed by atoms with Crippen molar-refractivity contribution in [3.05, 3.63) is 29.8 Å². The Morgan fingerprint density at radius 2 is 1.88 bits per heavy atom. The van der Waals surface area contributed by atoms with Crippen molar-refractivity contribution in [1.29, 1.82) is 0 Å². The molecule has 1 saturated carbocycles. The molecule has 3 aliphatic rings. The van der Waals surface area contributed by atoms with Crippen LogP contribution in [0.4, 0.5) is 0 Å². The first-order chi connectivity index (χ1) is 12.7. The van der Waals surface area contributed by atoms with Gasteiger partial charge in [-0.15, -0.1) is 0 Å². The Morgan fingerprint density at radius 1 is 1.19 bits per heavy atom. The number of morpholine rings is 1. The second-order valence-corrected chi connectivity index (χ2v) is 8.14. The number of hydrogen-bond donors (Lipinski definition) is 0. The van der Waals surface area contributed by atoms with E-state index in [2.05, 4.69) is 0 Å². The Labute approximate surface area is 157 Å². The summed E-state index contributed by atoms with van der Waals surface area (Å²) in [6, 6.07) is 7.49. The number of carbonyl (C=O) groups excluding carboxylic acids is 2. The predicted molar refractivity (Wildman–Crippen MR) is 99.2 cm³/mol. The minimum absolute atomic E-state index is 0.00395. The highest BCUT2D eigenvalue weighted by Gasteiger charge is 2.48. The average Bonchev–Trinajstić information content (AvgIpc) is 3.53. The van der Waals surface area contributed by atoms with Crippen molar-refractivity contribution in [3.8, 4) is 5.75 Å². The van der Waals surface area contributed by atoms with Gasteiger partial charge in [0.1, 0.15) is 12.4 Å². The molecule has 0 unspecified atom stereocenters. The van der Waals surface area contributed by atoms with Crippen LogP contribution in [0.3, 0.4) is 0 Å². The monoisotopic (exact) mass is 376 g/mol. The highest BCUT2D eigenvalue weighted by molar-refractivity contribution is 7.99. The molecule has 2 atom stereocenters. The fourth-order valence-electron chi connectivity index (χ4n) is 3.72. The van der Waals surface area contributed by atoms with Crippen LogP contribution in [-0.4, -0.2) is 72.1 Å². The lowest BCUT2D eigenvalue weighted by Gasteiger charge is -2.42. The second-order valence-electron chi connectivity index (χ2n) is 6.92. The summed E-state index contributed by atoms with van der Waals surface area (Å²) in [6.45, 7) is 1.48. The third-order valence-electron chi connectivity index (χ3n) is 5.22. The van der Waals surface area contributed by atoms with E-state index in [1.807, 2.05) is 45.8 Å². The lowest BCUT2D eigenvalue weighted by Crippen LogP contribution is -2.56. The molecule has 0 spiro atoms. The summed E-state index contributed by atoms with van der Waals surface area (Å²) in [5.74, 6) is 2.65. The first-order valence-electron chi connectivity index (χ1n) is 9.12. The summed E-state index contributed by atoms with van der Waals surface area (Å²) in [7, 11) is 1.62. The minimum atomic E-state index is -0.634. The summed E-state index contributed by atoms with van der Waals surface area (Å²) in [5.41, 5.74) is 0.926. The van der Waals surface area contributed by atoms with Gasteiger partial charge in [-0.3, -0.25) is 9.59 Å². The van der Waals surface area contributed by atoms with Crippen LogP contribution in [0.25, 0.3) is 0 Å².